The van der Waals surface area contributed by atoms with Crippen molar-refractivity contribution in [2.24, 2.45) is 0 Å². The van der Waals surface area contributed by atoms with Crippen LogP contribution in [0.15, 0.2) is 42.5 Å². The van der Waals surface area contributed by atoms with Gasteiger partial charge in [0.2, 0.25) is 0 Å². The highest BCUT2D eigenvalue weighted by Crippen LogP contribution is 2.17. The minimum atomic E-state index is -0.347. The van der Waals surface area contributed by atoms with Gasteiger partial charge < -0.3 is 0 Å². The van der Waals surface area contributed by atoms with E-state index in [1.807, 2.05) is 32.0 Å². The Morgan fingerprint density at radius 1 is 1.04 bits per heavy atom. The van der Waals surface area contributed by atoms with Crippen molar-refractivity contribution in [1.29, 1.82) is 0 Å². The van der Waals surface area contributed by atoms with Crippen molar-refractivity contribution in [2.75, 3.05) is 0 Å². The first kappa shape index (κ1) is 15.3. The summed E-state index contributed by atoms with van der Waals surface area (Å²) in [4.78, 5) is 21.1. The van der Waals surface area contributed by atoms with Crippen LogP contribution in [0.4, 0.5) is 4.39 Å². The van der Waals surface area contributed by atoms with Crippen LogP contribution in [0, 0.1) is 19.7 Å². The van der Waals surface area contributed by atoms with Gasteiger partial charge in [0.25, 0.3) is 0 Å². The van der Waals surface area contributed by atoms with Crippen LogP contribution < -0.4 is 0 Å². The molecule has 0 radical (unpaired) electrons. The zero-order valence-corrected chi connectivity index (χ0v) is 13.1. The van der Waals surface area contributed by atoms with Crippen molar-refractivity contribution in [1.82, 2.24) is 9.97 Å². The highest BCUT2D eigenvalue weighted by atomic mass is 19.1. The normalized spacial score (nSPS) is 10.9. The van der Waals surface area contributed by atoms with Crippen molar-refractivity contribution in [3.63, 3.8) is 0 Å². The fourth-order valence-corrected chi connectivity index (χ4v) is 2.69. The van der Waals surface area contributed by atoms with Crippen LogP contribution in [0.2, 0.25) is 0 Å². The van der Waals surface area contributed by atoms with Crippen LogP contribution >= 0.6 is 0 Å². The first-order valence-corrected chi connectivity index (χ1v) is 7.52. The van der Waals surface area contributed by atoms with Gasteiger partial charge in [-0.15, -0.1) is 0 Å². The Morgan fingerprint density at radius 2 is 1.83 bits per heavy atom. The third kappa shape index (κ3) is 3.42. The second-order valence-electron chi connectivity index (χ2n) is 5.74. The molecule has 3 nitrogen and oxygen atoms in total. The summed E-state index contributed by atoms with van der Waals surface area (Å²) >= 11 is 0. The van der Waals surface area contributed by atoms with Gasteiger partial charge in [-0.2, -0.15) is 0 Å². The number of halogens is 1. The monoisotopic (exact) mass is 308 g/mol. The van der Waals surface area contributed by atoms with Gasteiger partial charge >= 0.3 is 0 Å². The number of hydrogen-bond donors (Lipinski definition) is 0. The molecular weight excluding hydrogens is 291 g/mol. The fraction of sp³-hybridized carbons (Fsp3) is 0.211. The molecule has 0 aliphatic rings. The summed E-state index contributed by atoms with van der Waals surface area (Å²) in [7, 11) is 0. The Morgan fingerprint density at radius 3 is 2.61 bits per heavy atom. The summed E-state index contributed by atoms with van der Waals surface area (Å²) in [5.41, 5.74) is 3.75. The van der Waals surface area contributed by atoms with E-state index in [0.717, 1.165) is 16.6 Å². The highest BCUT2D eigenvalue weighted by Gasteiger charge is 2.11. The molecule has 0 saturated heterocycles. The van der Waals surface area contributed by atoms with Crippen molar-refractivity contribution < 1.29 is 9.18 Å². The molecule has 116 valence electrons. The second-order valence-corrected chi connectivity index (χ2v) is 5.74. The number of aromatic nitrogens is 2. The lowest BCUT2D eigenvalue weighted by Gasteiger charge is -2.06. The van der Waals surface area contributed by atoms with Gasteiger partial charge in [-0.25, -0.2) is 14.4 Å². The molecule has 0 saturated carbocycles. The van der Waals surface area contributed by atoms with E-state index in [1.54, 1.807) is 18.2 Å². The molecule has 3 rings (SSSR count). The van der Waals surface area contributed by atoms with E-state index in [0.29, 0.717) is 16.9 Å². The van der Waals surface area contributed by atoms with Crippen molar-refractivity contribution in [3.8, 4) is 0 Å². The summed E-state index contributed by atoms with van der Waals surface area (Å²) in [5, 5.41) is 0.987. The fourth-order valence-electron chi connectivity index (χ4n) is 2.69. The molecule has 0 aliphatic carbocycles. The summed E-state index contributed by atoms with van der Waals surface area (Å²) in [5.74, 6) is -0.411. The van der Waals surface area contributed by atoms with E-state index in [9.17, 15) is 9.18 Å². The van der Waals surface area contributed by atoms with Gasteiger partial charge in [-0.1, -0.05) is 18.2 Å². The van der Waals surface area contributed by atoms with Crippen molar-refractivity contribution in [2.45, 2.75) is 26.7 Å². The van der Waals surface area contributed by atoms with Crippen molar-refractivity contribution >= 4 is 16.8 Å². The maximum absolute atomic E-state index is 13.6. The predicted octanol–water partition coefficient (Wildman–Crippen LogP) is 3.74. The van der Waals surface area contributed by atoms with E-state index in [-0.39, 0.29) is 24.4 Å². The molecule has 0 amide bonds. The lowest BCUT2D eigenvalue weighted by atomic mass is 10.0. The third-order valence-electron chi connectivity index (χ3n) is 3.79. The number of rotatable bonds is 4. The first-order chi connectivity index (χ1) is 11.0. The average Bonchev–Trinajstić information content (AvgIpc) is 2.49. The van der Waals surface area contributed by atoms with Crippen LogP contribution in [-0.2, 0) is 17.6 Å². The van der Waals surface area contributed by atoms with E-state index < -0.39 is 0 Å². The van der Waals surface area contributed by atoms with Gasteiger partial charge in [-0.3, -0.25) is 4.79 Å². The number of hydrogen-bond acceptors (Lipinski definition) is 3. The number of nitrogens with zero attached hydrogens (tertiary/aromatic N) is 2. The smallest absolute Gasteiger partial charge is 0.159 e. The number of aryl methyl sites for hydroxylation is 2. The Bertz CT molecular complexity index is 890. The molecule has 0 N–H and O–H groups in total. The Labute approximate surface area is 134 Å². The Hall–Kier alpha value is -2.62. The SMILES string of the molecule is Cc1cc(C)c2ccc(CC(=O)Cc3ccccc3F)nc2n1. The van der Waals surface area contributed by atoms with E-state index in [1.165, 1.54) is 6.07 Å². The number of fused-ring (bicyclic) bond motifs is 1. The van der Waals surface area contributed by atoms with Crippen LogP contribution in [0.5, 0.6) is 0 Å². The molecule has 3 aromatic rings. The molecule has 0 unspecified atom stereocenters. The van der Waals surface area contributed by atoms with Crippen LogP contribution in [0.1, 0.15) is 22.5 Å². The average molecular weight is 308 g/mol. The zero-order chi connectivity index (χ0) is 16.4. The molecule has 0 atom stereocenters. The standard InChI is InChI=1S/C19H17FN2O/c1-12-9-13(2)21-19-17(12)8-7-15(22-19)11-16(23)10-14-5-3-4-6-18(14)20/h3-9H,10-11H2,1-2H3. The van der Waals surface area contributed by atoms with Gasteiger partial charge in [0, 0.05) is 23.9 Å². The summed E-state index contributed by atoms with van der Waals surface area (Å²) in [6.07, 6.45) is 0.256. The van der Waals surface area contributed by atoms with Crippen molar-refractivity contribution in [3.05, 3.63) is 70.8 Å². The first-order valence-electron chi connectivity index (χ1n) is 7.52. The Kier molecular flexibility index (Phi) is 4.15. The second kappa shape index (κ2) is 6.24. The molecule has 0 aliphatic heterocycles. The molecule has 1 aromatic carbocycles. The highest BCUT2D eigenvalue weighted by molar-refractivity contribution is 5.84. The quantitative estimate of drug-likeness (QED) is 0.737. The molecule has 23 heavy (non-hydrogen) atoms. The molecule has 0 spiro atoms. The Balaban J connectivity index is 1.81. The van der Waals surface area contributed by atoms with Crippen LogP contribution in [-0.4, -0.2) is 15.8 Å². The maximum Gasteiger partial charge on any atom is 0.159 e. The van der Waals surface area contributed by atoms with Crippen LogP contribution in [0.3, 0.4) is 0 Å². The summed E-state index contributed by atoms with van der Waals surface area (Å²) in [6, 6.07) is 12.1. The van der Waals surface area contributed by atoms with Gasteiger partial charge in [0.1, 0.15) is 11.6 Å². The number of carbonyl (C=O) groups excluding carboxylic acids is 1. The number of ketones is 1. The van der Waals surface area contributed by atoms with Gasteiger partial charge in [0.15, 0.2) is 5.65 Å². The molecule has 4 heteroatoms. The van der Waals surface area contributed by atoms with Crippen LogP contribution in [0.25, 0.3) is 11.0 Å². The molecule has 0 bridgehead atoms. The topological polar surface area (TPSA) is 42.9 Å². The number of benzene rings is 1. The number of carbonyl (C=O) groups is 1. The third-order valence-corrected chi connectivity index (χ3v) is 3.79. The maximum atomic E-state index is 13.6. The van der Waals surface area contributed by atoms with E-state index >= 15 is 0 Å². The molecule has 2 aromatic heterocycles. The lowest BCUT2D eigenvalue weighted by molar-refractivity contribution is -0.117. The number of Topliss-reactive ketones (excluding diaryl/α,β-unsaturated/α-hetero) is 1. The predicted molar refractivity (Wildman–Crippen MR) is 87.8 cm³/mol. The van der Waals surface area contributed by atoms with E-state index in [4.69, 9.17) is 0 Å². The van der Waals surface area contributed by atoms with Gasteiger partial charge in [0.05, 0.1) is 5.69 Å². The summed E-state index contributed by atoms with van der Waals surface area (Å²) in [6.45, 7) is 3.94. The van der Waals surface area contributed by atoms with Gasteiger partial charge in [-0.05, 0) is 49.2 Å². The minimum absolute atomic E-state index is 0.0636. The lowest BCUT2D eigenvalue weighted by Crippen LogP contribution is -2.09. The number of pyridine rings is 2. The zero-order valence-electron chi connectivity index (χ0n) is 13.1. The largest absolute Gasteiger partial charge is 0.299 e. The minimum Gasteiger partial charge on any atom is -0.299 e. The molecule has 0 fully saturated rings. The van der Waals surface area contributed by atoms with E-state index in [2.05, 4.69) is 9.97 Å². The molecular formula is C19H17FN2O. The molecule has 2 heterocycles. The summed E-state index contributed by atoms with van der Waals surface area (Å²) < 4.78 is 13.6.